The molecule has 32 heavy (non-hydrogen) atoms. The molecule has 0 radical (unpaired) electrons. The van der Waals surface area contributed by atoms with Gasteiger partial charge in [-0.05, 0) is 50.1 Å². The van der Waals surface area contributed by atoms with Gasteiger partial charge in [0.2, 0.25) is 0 Å². The highest BCUT2D eigenvalue weighted by Gasteiger charge is 2.23. The van der Waals surface area contributed by atoms with Crippen LogP contribution in [0.5, 0.6) is 0 Å². The standard InChI is InChI=1S/C25H28ClN5O/c1-18-23(17-20-9-11-21(26)12-10-20)24(28-19(2)27-18)30-13-6-14-31(16-15-30)25(32)29-22-7-4-3-5-8-22/h3-5,7-12H,6,13-17H2,1-2H3,(H,29,32). The molecule has 3 aromatic rings. The molecule has 0 aliphatic carbocycles. The summed E-state index contributed by atoms with van der Waals surface area (Å²) in [5.74, 6) is 1.73. The minimum Gasteiger partial charge on any atom is -0.354 e. The fourth-order valence-electron chi connectivity index (χ4n) is 4.05. The van der Waals surface area contributed by atoms with Crippen molar-refractivity contribution >= 4 is 29.1 Å². The van der Waals surface area contributed by atoms with Crippen molar-refractivity contribution < 1.29 is 4.79 Å². The number of halogens is 1. The van der Waals surface area contributed by atoms with Gasteiger partial charge in [0.1, 0.15) is 11.6 Å². The van der Waals surface area contributed by atoms with Crippen LogP contribution in [0.2, 0.25) is 5.02 Å². The predicted octanol–water partition coefficient (Wildman–Crippen LogP) is 5.08. The smallest absolute Gasteiger partial charge is 0.321 e. The minimum absolute atomic E-state index is 0.0607. The second kappa shape index (κ2) is 10.0. The Bertz CT molecular complexity index is 1070. The number of benzene rings is 2. The molecule has 2 aromatic carbocycles. The Labute approximate surface area is 194 Å². The van der Waals surface area contributed by atoms with E-state index >= 15 is 0 Å². The van der Waals surface area contributed by atoms with E-state index in [2.05, 4.69) is 15.2 Å². The van der Waals surface area contributed by atoms with Crippen molar-refractivity contribution in [2.75, 3.05) is 36.4 Å². The van der Waals surface area contributed by atoms with Gasteiger partial charge in [0.25, 0.3) is 0 Å². The normalized spacial score (nSPS) is 14.2. The first-order chi connectivity index (χ1) is 15.5. The van der Waals surface area contributed by atoms with Crippen LogP contribution < -0.4 is 10.2 Å². The van der Waals surface area contributed by atoms with Gasteiger partial charge < -0.3 is 15.1 Å². The lowest BCUT2D eigenvalue weighted by Gasteiger charge is -2.26. The third-order valence-corrected chi connectivity index (χ3v) is 5.96. The third-order valence-electron chi connectivity index (χ3n) is 5.71. The lowest BCUT2D eigenvalue weighted by atomic mass is 10.0. The third kappa shape index (κ3) is 5.37. The molecule has 1 aliphatic heterocycles. The Morgan fingerprint density at radius 2 is 1.72 bits per heavy atom. The van der Waals surface area contributed by atoms with Crippen molar-refractivity contribution in [2.45, 2.75) is 26.7 Å². The van der Waals surface area contributed by atoms with E-state index in [1.54, 1.807) is 0 Å². The van der Waals surface area contributed by atoms with E-state index in [4.69, 9.17) is 16.6 Å². The summed E-state index contributed by atoms with van der Waals surface area (Å²) in [6.07, 6.45) is 1.62. The first kappa shape index (κ1) is 22.1. The monoisotopic (exact) mass is 449 g/mol. The van der Waals surface area contributed by atoms with E-state index in [9.17, 15) is 4.79 Å². The molecule has 1 fully saturated rings. The lowest BCUT2D eigenvalue weighted by molar-refractivity contribution is 0.215. The number of hydrogen-bond acceptors (Lipinski definition) is 4. The molecular formula is C25H28ClN5O. The lowest BCUT2D eigenvalue weighted by Crippen LogP contribution is -2.38. The van der Waals surface area contributed by atoms with Crippen LogP contribution in [0.3, 0.4) is 0 Å². The van der Waals surface area contributed by atoms with Crippen molar-refractivity contribution in [3.05, 3.63) is 82.3 Å². The average molecular weight is 450 g/mol. The molecule has 0 unspecified atom stereocenters. The number of aryl methyl sites for hydroxylation is 2. The molecule has 166 valence electrons. The van der Waals surface area contributed by atoms with Gasteiger partial charge in [-0.1, -0.05) is 41.9 Å². The number of anilines is 2. The van der Waals surface area contributed by atoms with E-state index in [-0.39, 0.29) is 6.03 Å². The maximum absolute atomic E-state index is 12.8. The van der Waals surface area contributed by atoms with Gasteiger partial charge in [-0.25, -0.2) is 14.8 Å². The summed E-state index contributed by atoms with van der Waals surface area (Å²) < 4.78 is 0. The van der Waals surface area contributed by atoms with Crippen LogP contribution in [-0.4, -0.2) is 47.1 Å². The van der Waals surface area contributed by atoms with Crippen LogP contribution in [0.1, 0.15) is 29.1 Å². The molecule has 0 atom stereocenters. The molecule has 1 aliphatic rings. The molecular weight excluding hydrogens is 422 g/mol. The number of nitrogens with one attached hydrogen (secondary N) is 1. The van der Waals surface area contributed by atoms with Crippen molar-refractivity contribution in [1.29, 1.82) is 0 Å². The van der Waals surface area contributed by atoms with Crippen molar-refractivity contribution in [3.63, 3.8) is 0 Å². The van der Waals surface area contributed by atoms with Gasteiger partial charge in [-0.15, -0.1) is 0 Å². The maximum Gasteiger partial charge on any atom is 0.321 e. The largest absolute Gasteiger partial charge is 0.354 e. The molecule has 2 amide bonds. The molecule has 4 rings (SSSR count). The number of carbonyl (C=O) groups is 1. The van der Waals surface area contributed by atoms with Gasteiger partial charge in [0, 0.05) is 54.6 Å². The van der Waals surface area contributed by atoms with E-state index in [0.717, 1.165) is 59.5 Å². The van der Waals surface area contributed by atoms with E-state index in [1.165, 1.54) is 5.56 Å². The van der Waals surface area contributed by atoms with E-state index in [1.807, 2.05) is 73.3 Å². The average Bonchev–Trinajstić information content (AvgIpc) is 3.04. The topological polar surface area (TPSA) is 61.4 Å². The second-order valence-electron chi connectivity index (χ2n) is 8.09. The summed E-state index contributed by atoms with van der Waals surface area (Å²) in [5, 5.41) is 3.72. The summed E-state index contributed by atoms with van der Waals surface area (Å²) in [4.78, 5) is 26.4. The number of rotatable bonds is 4. The fourth-order valence-corrected chi connectivity index (χ4v) is 4.18. The number of carbonyl (C=O) groups excluding carboxylic acids is 1. The van der Waals surface area contributed by atoms with Crippen LogP contribution in [0.25, 0.3) is 0 Å². The molecule has 7 heteroatoms. The summed E-state index contributed by atoms with van der Waals surface area (Å²) in [6.45, 7) is 6.90. The Balaban J connectivity index is 1.51. The number of hydrogen-bond donors (Lipinski definition) is 1. The highest BCUT2D eigenvalue weighted by atomic mass is 35.5. The zero-order valence-corrected chi connectivity index (χ0v) is 19.3. The summed E-state index contributed by atoms with van der Waals surface area (Å²) in [6, 6.07) is 17.4. The molecule has 0 spiro atoms. The number of amides is 2. The zero-order chi connectivity index (χ0) is 22.5. The number of para-hydroxylation sites is 1. The van der Waals surface area contributed by atoms with E-state index < -0.39 is 0 Å². The first-order valence-corrected chi connectivity index (χ1v) is 11.3. The molecule has 2 heterocycles. The maximum atomic E-state index is 12.8. The van der Waals surface area contributed by atoms with Gasteiger partial charge in [0.15, 0.2) is 0 Å². The van der Waals surface area contributed by atoms with Crippen molar-refractivity contribution in [1.82, 2.24) is 14.9 Å². The molecule has 1 aromatic heterocycles. The first-order valence-electron chi connectivity index (χ1n) is 10.9. The minimum atomic E-state index is -0.0607. The van der Waals surface area contributed by atoms with Crippen LogP contribution in [0.4, 0.5) is 16.3 Å². The molecule has 1 N–H and O–H groups in total. The number of aromatic nitrogens is 2. The summed E-state index contributed by atoms with van der Waals surface area (Å²) in [5.41, 5.74) is 4.10. The highest BCUT2D eigenvalue weighted by Crippen LogP contribution is 2.26. The molecule has 6 nitrogen and oxygen atoms in total. The zero-order valence-electron chi connectivity index (χ0n) is 18.5. The highest BCUT2D eigenvalue weighted by molar-refractivity contribution is 6.30. The number of urea groups is 1. The second-order valence-corrected chi connectivity index (χ2v) is 8.52. The SMILES string of the molecule is Cc1nc(C)c(Cc2ccc(Cl)cc2)c(N2CCCN(C(=O)Nc3ccccc3)CC2)n1. The molecule has 0 saturated carbocycles. The Hall–Kier alpha value is -3.12. The molecule has 0 bridgehead atoms. The van der Waals surface area contributed by atoms with Gasteiger partial charge in [0.05, 0.1) is 0 Å². The van der Waals surface area contributed by atoms with Crippen LogP contribution in [-0.2, 0) is 6.42 Å². The quantitative estimate of drug-likeness (QED) is 0.603. The van der Waals surface area contributed by atoms with Crippen LogP contribution in [0.15, 0.2) is 54.6 Å². The van der Waals surface area contributed by atoms with Gasteiger partial charge in [-0.3, -0.25) is 0 Å². The number of nitrogens with zero attached hydrogens (tertiary/aromatic N) is 4. The van der Waals surface area contributed by atoms with Crippen LogP contribution >= 0.6 is 11.6 Å². The van der Waals surface area contributed by atoms with E-state index in [0.29, 0.717) is 13.1 Å². The predicted molar refractivity (Wildman–Crippen MR) is 130 cm³/mol. The van der Waals surface area contributed by atoms with Crippen molar-refractivity contribution in [2.24, 2.45) is 0 Å². The van der Waals surface area contributed by atoms with Gasteiger partial charge in [-0.2, -0.15) is 0 Å². The summed E-state index contributed by atoms with van der Waals surface area (Å²) >= 11 is 6.06. The Morgan fingerprint density at radius 1 is 0.969 bits per heavy atom. The van der Waals surface area contributed by atoms with Crippen molar-refractivity contribution in [3.8, 4) is 0 Å². The molecule has 1 saturated heterocycles. The Kier molecular flexibility index (Phi) is 6.90. The van der Waals surface area contributed by atoms with Crippen LogP contribution in [0, 0.1) is 13.8 Å². The van der Waals surface area contributed by atoms with Gasteiger partial charge >= 0.3 is 6.03 Å². The summed E-state index contributed by atoms with van der Waals surface area (Å²) in [7, 11) is 0. The fraction of sp³-hybridized carbons (Fsp3) is 0.320. The Morgan fingerprint density at radius 3 is 2.47 bits per heavy atom.